The Morgan fingerprint density at radius 1 is 1.03 bits per heavy atom. The van der Waals surface area contributed by atoms with E-state index >= 15 is 0 Å². The number of aromatic hydroxyl groups is 1. The topological polar surface area (TPSA) is 63.9 Å². The number of phenols is 1. The molecule has 1 aromatic heterocycles. The van der Waals surface area contributed by atoms with E-state index in [9.17, 15) is 5.11 Å². The Kier molecular flexibility index (Phi) is 5.93. The zero-order valence-electron chi connectivity index (χ0n) is 19.7. The molecule has 6 heteroatoms. The van der Waals surface area contributed by atoms with Crippen molar-refractivity contribution in [2.24, 2.45) is 4.99 Å². The molecule has 2 aliphatic rings. The number of fused-ring (bicyclic) bond motifs is 4. The van der Waals surface area contributed by atoms with Gasteiger partial charge < -0.3 is 14.6 Å². The second kappa shape index (κ2) is 8.80. The van der Waals surface area contributed by atoms with Crippen molar-refractivity contribution < 1.29 is 35.6 Å². The van der Waals surface area contributed by atoms with Crippen LogP contribution in [-0.4, -0.2) is 22.1 Å². The molecule has 2 atom stereocenters. The van der Waals surface area contributed by atoms with Gasteiger partial charge in [-0.15, -0.1) is 18.2 Å². The number of nitrogens with zero attached hydrogens (tertiary/aromatic N) is 2. The van der Waals surface area contributed by atoms with Crippen molar-refractivity contribution in [2.45, 2.75) is 44.8 Å². The number of rotatable bonds is 3. The monoisotopic (exact) mass is 644 g/mol. The molecule has 1 aliphatic carbocycles. The summed E-state index contributed by atoms with van der Waals surface area (Å²) < 4.78 is 12.2. The summed E-state index contributed by atoms with van der Waals surface area (Å²) in [5, 5.41) is 11.5. The first-order valence-electron chi connectivity index (χ1n) is 11.5. The summed E-state index contributed by atoms with van der Waals surface area (Å²) in [5.41, 5.74) is 4.80. The van der Waals surface area contributed by atoms with E-state index < -0.39 is 0 Å². The van der Waals surface area contributed by atoms with Gasteiger partial charge in [-0.25, -0.2) is 4.98 Å². The van der Waals surface area contributed by atoms with Crippen molar-refractivity contribution in [1.82, 2.24) is 4.98 Å². The quantitative estimate of drug-likeness (QED) is 0.267. The number of hydrogen-bond donors (Lipinski definition) is 1. The number of ether oxygens (including phenoxy) is 2. The van der Waals surface area contributed by atoms with E-state index in [0.29, 0.717) is 23.0 Å². The molecule has 1 aliphatic heterocycles. The van der Waals surface area contributed by atoms with Crippen LogP contribution in [0.4, 0.5) is 0 Å². The second-order valence-electron chi connectivity index (χ2n) is 9.94. The Morgan fingerprint density at radius 2 is 1.86 bits per heavy atom. The number of phenolic OH excluding ortho intramolecular Hbond substituents is 1. The largest absolute Gasteiger partial charge is 0.514 e. The molecule has 0 saturated carbocycles. The van der Waals surface area contributed by atoms with Crippen LogP contribution in [0.25, 0.3) is 10.9 Å². The van der Waals surface area contributed by atoms with Gasteiger partial charge in [0.15, 0.2) is 0 Å². The predicted octanol–water partition coefficient (Wildman–Crippen LogP) is 6.27. The molecule has 35 heavy (non-hydrogen) atoms. The number of aliphatic imine (C=N–C) groups is 1. The van der Waals surface area contributed by atoms with Crippen LogP contribution in [0.3, 0.4) is 0 Å². The van der Waals surface area contributed by atoms with Gasteiger partial charge in [-0.1, -0.05) is 56.7 Å². The summed E-state index contributed by atoms with van der Waals surface area (Å²) in [6.45, 7) is 6.35. The Morgan fingerprint density at radius 3 is 2.69 bits per heavy atom. The number of benzene rings is 3. The molecular formula is C29H25N2O3Pt-. The fraction of sp³-hybridized carbons (Fsp3) is 0.241. The molecule has 0 radical (unpaired) electrons. The van der Waals surface area contributed by atoms with E-state index in [1.807, 2.05) is 30.3 Å². The first kappa shape index (κ1) is 23.6. The zero-order valence-corrected chi connectivity index (χ0v) is 22.0. The average molecular weight is 645 g/mol. The molecule has 4 aromatic rings. The summed E-state index contributed by atoms with van der Waals surface area (Å²) in [6.07, 6.45) is 0.902. The molecule has 0 bridgehead atoms. The molecule has 0 amide bonds. The van der Waals surface area contributed by atoms with Gasteiger partial charge in [0.2, 0.25) is 5.88 Å². The van der Waals surface area contributed by atoms with Gasteiger partial charge in [0, 0.05) is 44.7 Å². The Bertz CT molecular complexity index is 1460. The van der Waals surface area contributed by atoms with Crippen molar-refractivity contribution in [3.8, 4) is 17.4 Å². The molecule has 1 N–H and O–H groups in total. The first-order chi connectivity index (χ1) is 16.3. The van der Waals surface area contributed by atoms with Crippen molar-refractivity contribution in [1.29, 1.82) is 0 Å². The molecule has 3 aromatic carbocycles. The maximum Gasteiger partial charge on any atom is 0.217 e. The summed E-state index contributed by atoms with van der Waals surface area (Å²) >= 11 is 0. The predicted molar refractivity (Wildman–Crippen MR) is 132 cm³/mol. The van der Waals surface area contributed by atoms with Gasteiger partial charge in [0.1, 0.15) is 29.3 Å². The van der Waals surface area contributed by atoms with Crippen molar-refractivity contribution in [3.05, 3.63) is 95.1 Å². The summed E-state index contributed by atoms with van der Waals surface area (Å²) in [6, 6.07) is 24.9. The fourth-order valence-electron chi connectivity index (χ4n) is 4.66. The molecule has 0 saturated heterocycles. The molecule has 0 spiro atoms. The molecule has 0 fully saturated rings. The summed E-state index contributed by atoms with van der Waals surface area (Å²) in [5.74, 6) is 1.64. The Hall–Kier alpha value is -3.17. The van der Waals surface area contributed by atoms with Gasteiger partial charge in [-0.2, -0.15) is 0 Å². The smallest absolute Gasteiger partial charge is 0.217 e. The van der Waals surface area contributed by atoms with E-state index in [2.05, 4.69) is 56.1 Å². The van der Waals surface area contributed by atoms with Crippen LogP contribution < -0.4 is 4.74 Å². The third-order valence-electron chi connectivity index (χ3n) is 6.49. The number of aromatic nitrogens is 1. The van der Waals surface area contributed by atoms with E-state index in [1.54, 1.807) is 12.1 Å². The van der Waals surface area contributed by atoms with Gasteiger partial charge in [-0.05, 0) is 40.3 Å². The van der Waals surface area contributed by atoms with Crippen LogP contribution in [0.1, 0.15) is 49.1 Å². The number of hydrogen-bond acceptors (Lipinski definition) is 5. The van der Waals surface area contributed by atoms with Crippen LogP contribution in [0.5, 0.6) is 17.4 Å². The van der Waals surface area contributed by atoms with Crippen molar-refractivity contribution >= 4 is 16.8 Å². The van der Waals surface area contributed by atoms with Crippen LogP contribution in [-0.2, 0) is 37.6 Å². The molecular weight excluding hydrogens is 619 g/mol. The second-order valence-corrected chi connectivity index (χ2v) is 9.94. The summed E-state index contributed by atoms with van der Waals surface area (Å²) in [7, 11) is 0. The zero-order chi connectivity index (χ0) is 23.4. The maximum absolute atomic E-state index is 10.6. The van der Waals surface area contributed by atoms with Crippen LogP contribution in [0.2, 0.25) is 0 Å². The van der Waals surface area contributed by atoms with Crippen LogP contribution >= 0.6 is 0 Å². The molecule has 5 nitrogen and oxygen atoms in total. The Balaban J connectivity index is 0.00000253. The average Bonchev–Trinajstić information content (AvgIpc) is 3.37. The van der Waals surface area contributed by atoms with Gasteiger partial charge in [-0.3, -0.25) is 4.99 Å². The first-order valence-corrected chi connectivity index (χ1v) is 11.5. The van der Waals surface area contributed by atoms with Crippen molar-refractivity contribution in [2.75, 3.05) is 0 Å². The van der Waals surface area contributed by atoms with E-state index in [1.165, 1.54) is 11.1 Å². The Labute approximate surface area is 219 Å². The molecule has 0 unspecified atom stereocenters. The standard InChI is InChI=1S/C29H25N2O3.Pt/c1-29(2,3)20-13-18-11-12-25(30-26(18)23(32)16-20)33-21-9-6-8-19(14-21)28-31-27-22-10-5-4-7-17(22)15-24(27)34-28;/h4-13,16,24,27,32H,15H2,1-3H3;/q-1;/t24-,27+;/m1./s1. The third-order valence-corrected chi connectivity index (χ3v) is 6.49. The minimum Gasteiger partial charge on any atom is -0.514 e. The molecule has 180 valence electrons. The van der Waals surface area contributed by atoms with E-state index in [4.69, 9.17) is 14.5 Å². The third kappa shape index (κ3) is 4.34. The minimum absolute atomic E-state index is 0. The maximum atomic E-state index is 10.6. The van der Waals surface area contributed by atoms with Gasteiger partial charge in [0.25, 0.3) is 0 Å². The normalized spacial score (nSPS) is 18.3. The fourth-order valence-corrected chi connectivity index (χ4v) is 4.66. The number of pyridine rings is 1. The SMILES string of the molecule is CC(C)(C)c1cc(O)c2nc(Oc3[c-]c(C4=N[C@H]5c6ccccc6C[C@H]5O4)ccc3)ccc2c1.[Pt]. The van der Waals surface area contributed by atoms with Crippen molar-refractivity contribution in [3.63, 3.8) is 0 Å². The van der Waals surface area contributed by atoms with E-state index in [0.717, 1.165) is 22.9 Å². The molecule has 2 heterocycles. The van der Waals surface area contributed by atoms with Crippen LogP contribution in [0, 0.1) is 6.07 Å². The summed E-state index contributed by atoms with van der Waals surface area (Å²) in [4.78, 5) is 9.39. The van der Waals surface area contributed by atoms with Gasteiger partial charge >= 0.3 is 0 Å². The molecule has 6 rings (SSSR count). The van der Waals surface area contributed by atoms with Crippen LogP contribution in [0.15, 0.2) is 71.7 Å². The van der Waals surface area contributed by atoms with E-state index in [-0.39, 0.29) is 44.4 Å². The van der Waals surface area contributed by atoms with Gasteiger partial charge in [0.05, 0.1) is 0 Å². The minimum atomic E-state index is -0.0676.